The summed E-state index contributed by atoms with van der Waals surface area (Å²) < 4.78 is 5.51. The molecule has 0 saturated heterocycles. The van der Waals surface area contributed by atoms with Gasteiger partial charge in [0, 0.05) is 24.4 Å². The van der Waals surface area contributed by atoms with Gasteiger partial charge in [0.1, 0.15) is 5.75 Å². The van der Waals surface area contributed by atoms with Crippen molar-refractivity contribution in [1.29, 1.82) is 0 Å². The maximum atomic E-state index is 11.0. The summed E-state index contributed by atoms with van der Waals surface area (Å²) in [7, 11) is 0. The normalized spacial score (nSPS) is 13.9. The van der Waals surface area contributed by atoms with Gasteiger partial charge in [-0.2, -0.15) is 0 Å². The Morgan fingerprint density at radius 2 is 2.24 bits per heavy atom. The molecule has 0 atom stereocenters. The second kappa shape index (κ2) is 7.67. The average Bonchev–Trinajstić information content (AvgIpc) is 2.98. The number of anilines is 1. The Kier molecular flexibility index (Phi) is 5.60. The number of nitrogens with zero attached hydrogens (tertiary/aromatic N) is 1. The number of rotatable bonds is 8. The molecular weight excluding hydrogens is 268 g/mol. The topological polar surface area (TPSA) is 64.4 Å². The van der Waals surface area contributed by atoms with Crippen molar-refractivity contribution in [3.05, 3.63) is 40.0 Å². The highest BCUT2D eigenvalue weighted by molar-refractivity contribution is 5.56. The fourth-order valence-electron chi connectivity index (χ4n) is 2.43. The van der Waals surface area contributed by atoms with E-state index < -0.39 is 0 Å². The number of nitrogens with one attached hydrogen (secondary N) is 1. The van der Waals surface area contributed by atoms with Crippen molar-refractivity contribution in [2.24, 2.45) is 0 Å². The number of allylic oxidation sites excluding steroid dienone is 1. The summed E-state index contributed by atoms with van der Waals surface area (Å²) in [5, 5.41) is 14.2. The lowest BCUT2D eigenvalue weighted by Gasteiger charge is -2.10. The maximum Gasteiger partial charge on any atom is 0.275 e. The molecule has 0 amide bonds. The predicted octanol–water partition coefficient (Wildman–Crippen LogP) is 4.30. The van der Waals surface area contributed by atoms with Crippen LogP contribution >= 0.6 is 0 Å². The van der Waals surface area contributed by atoms with Crippen LogP contribution in [-0.4, -0.2) is 18.1 Å². The standard InChI is InChI=1S/C16H22N2O3/c1-2-9-21-16-11-14(10-15(12-16)18(19)20)17-8-7-13-5-3-4-6-13/h5,10-12,17H,2-4,6-9H2,1H3. The van der Waals surface area contributed by atoms with E-state index in [2.05, 4.69) is 11.4 Å². The molecular formula is C16H22N2O3. The van der Waals surface area contributed by atoms with Crippen molar-refractivity contribution >= 4 is 11.4 Å². The maximum absolute atomic E-state index is 11.0. The van der Waals surface area contributed by atoms with Gasteiger partial charge in [-0.3, -0.25) is 10.1 Å². The molecule has 1 N–H and O–H groups in total. The molecule has 5 nitrogen and oxygen atoms in total. The van der Waals surface area contributed by atoms with Crippen LogP contribution in [0.2, 0.25) is 0 Å². The predicted molar refractivity (Wildman–Crippen MR) is 83.9 cm³/mol. The summed E-state index contributed by atoms with van der Waals surface area (Å²) in [4.78, 5) is 10.6. The largest absolute Gasteiger partial charge is 0.493 e. The van der Waals surface area contributed by atoms with E-state index >= 15 is 0 Å². The van der Waals surface area contributed by atoms with E-state index in [1.165, 1.54) is 30.9 Å². The molecule has 0 spiro atoms. The van der Waals surface area contributed by atoms with Crippen LogP contribution in [0.25, 0.3) is 0 Å². The first kappa shape index (κ1) is 15.4. The number of ether oxygens (including phenoxy) is 1. The third kappa shape index (κ3) is 4.77. The summed E-state index contributed by atoms with van der Waals surface area (Å²) in [6, 6.07) is 4.86. The van der Waals surface area contributed by atoms with Gasteiger partial charge in [-0.1, -0.05) is 18.6 Å². The zero-order valence-corrected chi connectivity index (χ0v) is 12.4. The van der Waals surface area contributed by atoms with Crippen molar-refractivity contribution in [3.8, 4) is 5.75 Å². The Morgan fingerprint density at radius 3 is 2.90 bits per heavy atom. The molecule has 0 bridgehead atoms. The minimum atomic E-state index is -0.385. The Balaban J connectivity index is 1.98. The van der Waals surface area contributed by atoms with E-state index in [1.54, 1.807) is 6.07 Å². The minimum absolute atomic E-state index is 0.0613. The molecule has 1 aliphatic rings. The van der Waals surface area contributed by atoms with Crippen molar-refractivity contribution in [2.45, 2.75) is 39.0 Å². The number of benzene rings is 1. The SMILES string of the molecule is CCCOc1cc(NCCC2=CCCC2)cc([N+](=O)[O-])c1. The second-order valence-electron chi connectivity index (χ2n) is 5.25. The first-order valence-electron chi connectivity index (χ1n) is 7.53. The van der Waals surface area contributed by atoms with E-state index in [9.17, 15) is 10.1 Å². The molecule has 21 heavy (non-hydrogen) atoms. The molecule has 0 aromatic heterocycles. The Labute approximate surface area is 125 Å². The molecule has 114 valence electrons. The molecule has 0 saturated carbocycles. The molecule has 0 unspecified atom stereocenters. The molecule has 1 aromatic carbocycles. The zero-order valence-electron chi connectivity index (χ0n) is 12.4. The average molecular weight is 290 g/mol. The lowest BCUT2D eigenvalue weighted by Crippen LogP contribution is -2.04. The van der Waals surface area contributed by atoms with Gasteiger partial charge < -0.3 is 10.1 Å². The summed E-state index contributed by atoms with van der Waals surface area (Å²) in [5.41, 5.74) is 2.29. The van der Waals surface area contributed by atoms with Gasteiger partial charge in [0.25, 0.3) is 5.69 Å². The van der Waals surface area contributed by atoms with Gasteiger partial charge in [0.15, 0.2) is 0 Å². The van der Waals surface area contributed by atoms with Crippen molar-refractivity contribution in [3.63, 3.8) is 0 Å². The molecule has 0 heterocycles. The summed E-state index contributed by atoms with van der Waals surface area (Å²) in [6.45, 7) is 3.36. The number of non-ortho nitro benzene ring substituents is 1. The summed E-state index contributed by atoms with van der Waals surface area (Å²) >= 11 is 0. The lowest BCUT2D eigenvalue weighted by molar-refractivity contribution is -0.384. The van der Waals surface area contributed by atoms with Gasteiger partial charge in [-0.05, 0) is 32.1 Å². The van der Waals surface area contributed by atoms with Crippen LogP contribution in [0, 0.1) is 10.1 Å². The monoisotopic (exact) mass is 290 g/mol. The van der Waals surface area contributed by atoms with Crippen LogP contribution in [0.15, 0.2) is 29.8 Å². The van der Waals surface area contributed by atoms with Crippen LogP contribution in [0.1, 0.15) is 39.0 Å². The third-order valence-electron chi connectivity index (χ3n) is 3.49. The van der Waals surface area contributed by atoms with E-state index in [0.29, 0.717) is 12.4 Å². The fourth-order valence-corrected chi connectivity index (χ4v) is 2.43. The smallest absolute Gasteiger partial charge is 0.275 e. The van der Waals surface area contributed by atoms with Crippen LogP contribution < -0.4 is 10.1 Å². The zero-order chi connectivity index (χ0) is 15.1. The van der Waals surface area contributed by atoms with Crippen LogP contribution in [0.5, 0.6) is 5.75 Å². The summed E-state index contributed by atoms with van der Waals surface area (Å²) in [5.74, 6) is 0.550. The molecule has 2 rings (SSSR count). The number of hydrogen-bond acceptors (Lipinski definition) is 4. The molecule has 0 aliphatic heterocycles. The van der Waals surface area contributed by atoms with Gasteiger partial charge in [0.2, 0.25) is 0 Å². The third-order valence-corrected chi connectivity index (χ3v) is 3.49. The van der Waals surface area contributed by atoms with E-state index in [0.717, 1.165) is 25.1 Å². The Bertz CT molecular complexity index is 526. The van der Waals surface area contributed by atoms with Crippen LogP contribution in [0.3, 0.4) is 0 Å². The molecule has 1 aliphatic carbocycles. The molecule has 0 fully saturated rings. The second-order valence-corrected chi connectivity index (χ2v) is 5.25. The molecule has 5 heteroatoms. The fraction of sp³-hybridized carbons (Fsp3) is 0.500. The number of nitro groups is 1. The highest BCUT2D eigenvalue weighted by Crippen LogP contribution is 2.27. The van der Waals surface area contributed by atoms with E-state index in [-0.39, 0.29) is 10.6 Å². The minimum Gasteiger partial charge on any atom is -0.493 e. The highest BCUT2D eigenvalue weighted by atomic mass is 16.6. The van der Waals surface area contributed by atoms with Gasteiger partial charge in [-0.25, -0.2) is 0 Å². The number of nitro benzene ring substituents is 1. The number of hydrogen-bond donors (Lipinski definition) is 1. The van der Waals surface area contributed by atoms with Crippen molar-refractivity contribution in [1.82, 2.24) is 0 Å². The highest BCUT2D eigenvalue weighted by Gasteiger charge is 2.11. The lowest BCUT2D eigenvalue weighted by atomic mass is 10.1. The Hall–Kier alpha value is -2.04. The van der Waals surface area contributed by atoms with Crippen LogP contribution in [-0.2, 0) is 0 Å². The van der Waals surface area contributed by atoms with Gasteiger partial charge >= 0.3 is 0 Å². The van der Waals surface area contributed by atoms with Crippen molar-refractivity contribution < 1.29 is 9.66 Å². The summed E-state index contributed by atoms with van der Waals surface area (Å²) in [6.07, 6.45) is 7.78. The van der Waals surface area contributed by atoms with Crippen molar-refractivity contribution in [2.75, 3.05) is 18.5 Å². The Morgan fingerprint density at radius 1 is 1.38 bits per heavy atom. The first-order valence-corrected chi connectivity index (χ1v) is 7.53. The molecule has 1 aromatic rings. The first-order chi connectivity index (χ1) is 10.2. The quantitative estimate of drug-likeness (QED) is 0.440. The van der Waals surface area contributed by atoms with E-state index in [4.69, 9.17) is 4.74 Å². The molecule has 0 radical (unpaired) electrons. The van der Waals surface area contributed by atoms with E-state index in [1.807, 2.05) is 13.0 Å². The van der Waals surface area contributed by atoms with Crippen LogP contribution in [0.4, 0.5) is 11.4 Å². The van der Waals surface area contributed by atoms with Gasteiger partial charge in [0.05, 0.1) is 17.6 Å². The van der Waals surface area contributed by atoms with Gasteiger partial charge in [-0.15, -0.1) is 0 Å².